The lowest BCUT2D eigenvalue weighted by atomic mass is 10.3. The van der Waals surface area contributed by atoms with Gasteiger partial charge in [-0.3, -0.25) is 0 Å². The molecule has 0 atom stereocenters. The van der Waals surface area contributed by atoms with Crippen molar-refractivity contribution in [1.82, 2.24) is 14.9 Å². The molecule has 1 heterocycles. The van der Waals surface area contributed by atoms with Crippen molar-refractivity contribution in [2.75, 3.05) is 37.2 Å². The molecule has 1 saturated carbocycles. The highest BCUT2D eigenvalue weighted by Gasteiger charge is 2.28. The Morgan fingerprint density at radius 2 is 1.90 bits per heavy atom. The van der Waals surface area contributed by atoms with Gasteiger partial charge in [-0.15, -0.1) is 11.8 Å². The molecule has 0 bridgehead atoms. The van der Waals surface area contributed by atoms with Crippen LogP contribution in [0, 0.1) is 6.92 Å². The minimum Gasteiger partial charge on any atom is -0.370 e. The first-order valence-corrected chi connectivity index (χ1v) is 9.15. The molecule has 0 spiro atoms. The zero-order chi connectivity index (χ0) is 15.2. The van der Waals surface area contributed by atoms with Gasteiger partial charge < -0.3 is 10.2 Å². The van der Waals surface area contributed by atoms with Crippen LogP contribution in [0.2, 0.25) is 0 Å². The van der Waals surface area contributed by atoms with E-state index in [9.17, 15) is 0 Å². The van der Waals surface area contributed by atoms with Crippen molar-refractivity contribution in [1.29, 1.82) is 0 Å². The number of thioether (sulfide) groups is 1. The average Bonchev–Trinajstić information content (AvgIpc) is 3.32. The quantitative estimate of drug-likeness (QED) is 0.558. The summed E-state index contributed by atoms with van der Waals surface area (Å²) in [5.41, 5.74) is 1.20. The molecule has 1 N–H and O–H groups in total. The smallest absolute Gasteiger partial charge is 0.135 e. The van der Waals surface area contributed by atoms with Crippen molar-refractivity contribution >= 4 is 17.6 Å². The molecule has 0 radical (unpaired) electrons. The van der Waals surface area contributed by atoms with Gasteiger partial charge in [0, 0.05) is 30.3 Å². The van der Waals surface area contributed by atoms with Gasteiger partial charge in [-0.05, 0) is 39.8 Å². The van der Waals surface area contributed by atoms with Crippen molar-refractivity contribution in [3.05, 3.63) is 11.4 Å². The van der Waals surface area contributed by atoms with Gasteiger partial charge in [0.05, 0.1) is 0 Å². The Kier molecular flexibility index (Phi) is 6.30. The van der Waals surface area contributed by atoms with Crippen LogP contribution in [0.15, 0.2) is 5.03 Å². The van der Waals surface area contributed by atoms with Gasteiger partial charge in [-0.1, -0.05) is 13.8 Å². The van der Waals surface area contributed by atoms with Crippen LogP contribution in [0.25, 0.3) is 0 Å². The van der Waals surface area contributed by atoms with Crippen LogP contribution in [0.5, 0.6) is 0 Å². The monoisotopic (exact) mass is 308 g/mol. The molecule has 1 aliphatic rings. The lowest BCUT2D eigenvalue weighted by Crippen LogP contribution is -2.25. The zero-order valence-corrected chi connectivity index (χ0v) is 14.6. The summed E-state index contributed by atoms with van der Waals surface area (Å²) in [4.78, 5) is 12.0. The van der Waals surface area contributed by atoms with Crippen LogP contribution >= 0.6 is 11.8 Å². The molecule has 0 saturated heterocycles. The van der Waals surface area contributed by atoms with Gasteiger partial charge >= 0.3 is 0 Å². The van der Waals surface area contributed by atoms with Crippen molar-refractivity contribution in [2.45, 2.75) is 51.5 Å². The number of nitrogens with zero attached hydrogens (tertiary/aromatic N) is 3. The van der Waals surface area contributed by atoms with Crippen molar-refractivity contribution in [3.8, 4) is 0 Å². The average molecular weight is 308 g/mol. The second-order valence-electron chi connectivity index (χ2n) is 5.54. The largest absolute Gasteiger partial charge is 0.370 e. The molecule has 118 valence electrons. The van der Waals surface area contributed by atoms with E-state index < -0.39 is 0 Å². The molecule has 4 nitrogen and oxygen atoms in total. The third-order valence-electron chi connectivity index (χ3n) is 3.95. The van der Waals surface area contributed by atoms with Crippen LogP contribution in [0.4, 0.5) is 5.82 Å². The number of aromatic nitrogens is 2. The lowest BCUT2D eigenvalue weighted by Gasteiger charge is -2.18. The predicted molar refractivity (Wildman–Crippen MR) is 91.4 cm³/mol. The lowest BCUT2D eigenvalue weighted by molar-refractivity contribution is 0.324. The van der Waals surface area contributed by atoms with Crippen molar-refractivity contribution in [2.24, 2.45) is 0 Å². The minimum atomic E-state index is 0.602. The summed E-state index contributed by atoms with van der Waals surface area (Å²) in [6, 6.07) is 0. The third kappa shape index (κ3) is 4.58. The Hall–Kier alpha value is -0.810. The summed E-state index contributed by atoms with van der Waals surface area (Å²) in [6.07, 6.45) is 2.50. The molecule has 0 aliphatic heterocycles. The maximum absolute atomic E-state index is 4.82. The molecule has 5 heteroatoms. The Bertz CT molecular complexity index is 456. The zero-order valence-electron chi connectivity index (χ0n) is 13.8. The van der Waals surface area contributed by atoms with E-state index in [1.165, 1.54) is 18.4 Å². The Labute approximate surface area is 133 Å². The van der Waals surface area contributed by atoms with Gasteiger partial charge in [0.1, 0.15) is 16.7 Å². The first kappa shape index (κ1) is 16.6. The topological polar surface area (TPSA) is 41.1 Å². The summed E-state index contributed by atoms with van der Waals surface area (Å²) in [6.45, 7) is 13.0. The highest BCUT2D eigenvalue weighted by Crippen LogP contribution is 2.40. The van der Waals surface area contributed by atoms with Crippen molar-refractivity contribution in [3.63, 3.8) is 0 Å². The standard InChI is InChI=1S/C16H28N4S/c1-5-17-14-12(4)16(19-15(18-14)13-8-9-13)21-11-10-20(6-2)7-3/h13H,5-11H2,1-4H3,(H,17,18,19). The molecule has 0 unspecified atom stereocenters. The molecule has 1 aliphatic carbocycles. The summed E-state index contributed by atoms with van der Waals surface area (Å²) in [5, 5.41) is 4.55. The Morgan fingerprint density at radius 1 is 1.19 bits per heavy atom. The van der Waals surface area contributed by atoms with Crippen molar-refractivity contribution < 1.29 is 0 Å². The number of anilines is 1. The van der Waals surface area contributed by atoms with Crippen LogP contribution in [0.1, 0.15) is 50.9 Å². The first-order valence-electron chi connectivity index (χ1n) is 8.17. The van der Waals surface area contributed by atoms with E-state index in [0.29, 0.717) is 5.92 Å². The fourth-order valence-electron chi connectivity index (χ4n) is 2.33. The third-order valence-corrected chi connectivity index (χ3v) is 5.00. The van der Waals surface area contributed by atoms with E-state index in [1.54, 1.807) is 0 Å². The SMILES string of the molecule is CCNc1nc(C2CC2)nc(SCCN(CC)CC)c1C. The highest BCUT2D eigenvalue weighted by molar-refractivity contribution is 7.99. The second kappa shape index (κ2) is 7.99. The number of hydrogen-bond donors (Lipinski definition) is 1. The summed E-state index contributed by atoms with van der Waals surface area (Å²) >= 11 is 1.87. The predicted octanol–water partition coefficient (Wildman–Crippen LogP) is 3.53. The fourth-order valence-corrected chi connectivity index (χ4v) is 3.34. The van der Waals surface area contributed by atoms with Crippen LogP contribution in [-0.2, 0) is 0 Å². The number of hydrogen-bond acceptors (Lipinski definition) is 5. The van der Waals surface area contributed by atoms with E-state index >= 15 is 0 Å². The fraction of sp³-hybridized carbons (Fsp3) is 0.750. The molecule has 2 rings (SSSR count). The molecule has 21 heavy (non-hydrogen) atoms. The van der Waals surface area contributed by atoms with E-state index in [2.05, 4.69) is 37.9 Å². The molecule has 1 aromatic rings. The Balaban J connectivity index is 2.06. The van der Waals surface area contributed by atoms with Gasteiger partial charge in [-0.25, -0.2) is 9.97 Å². The molecular formula is C16H28N4S. The first-order chi connectivity index (χ1) is 10.2. The van der Waals surface area contributed by atoms with E-state index in [-0.39, 0.29) is 0 Å². The maximum atomic E-state index is 4.82. The molecule has 0 amide bonds. The van der Waals surface area contributed by atoms with Gasteiger partial charge in [-0.2, -0.15) is 0 Å². The molecular weight excluding hydrogens is 280 g/mol. The summed E-state index contributed by atoms with van der Waals surface area (Å²) in [7, 11) is 0. The van der Waals surface area contributed by atoms with E-state index in [1.807, 2.05) is 11.8 Å². The molecule has 0 aromatic carbocycles. The highest BCUT2D eigenvalue weighted by atomic mass is 32.2. The van der Waals surface area contributed by atoms with Gasteiger partial charge in [0.15, 0.2) is 0 Å². The van der Waals surface area contributed by atoms with E-state index in [0.717, 1.165) is 48.6 Å². The Morgan fingerprint density at radius 3 is 2.48 bits per heavy atom. The van der Waals surface area contributed by atoms with Gasteiger partial charge in [0.2, 0.25) is 0 Å². The molecule has 1 aromatic heterocycles. The van der Waals surface area contributed by atoms with Crippen LogP contribution in [-0.4, -0.2) is 46.8 Å². The number of nitrogens with one attached hydrogen (secondary N) is 1. The second-order valence-corrected chi connectivity index (χ2v) is 6.62. The van der Waals surface area contributed by atoms with E-state index in [4.69, 9.17) is 9.97 Å². The summed E-state index contributed by atoms with van der Waals surface area (Å²) < 4.78 is 0. The molecule has 1 fully saturated rings. The minimum absolute atomic E-state index is 0.602. The maximum Gasteiger partial charge on any atom is 0.135 e. The normalized spacial score (nSPS) is 14.7. The van der Waals surface area contributed by atoms with Crippen LogP contribution in [0.3, 0.4) is 0 Å². The summed E-state index contributed by atoms with van der Waals surface area (Å²) in [5.74, 6) is 3.77. The number of rotatable bonds is 9. The van der Waals surface area contributed by atoms with Gasteiger partial charge in [0.25, 0.3) is 0 Å². The van der Waals surface area contributed by atoms with Crippen LogP contribution < -0.4 is 5.32 Å².